The van der Waals surface area contributed by atoms with Crippen LogP contribution in [0.4, 0.5) is 0 Å². The van der Waals surface area contributed by atoms with Crippen LogP contribution in [0.5, 0.6) is 5.75 Å². The van der Waals surface area contributed by atoms with Crippen molar-refractivity contribution < 1.29 is 4.74 Å². The molecule has 1 spiro atoms. The number of benzene rings is 1. The number of allylic oxidation sites excluding steroid dienone is 2. The molecule has 1 aromatic carbocycles. The summed E-state index contributed by atoms with van der Waals surface area (Å²) in [6, 6.07) is 14.1. The van der Waals surface area contributed by atoms with E-state index >= 15 is 0 Å². The summed E-state index contributed by atoms with van der Waals surface area (Å²) in [4.78, 5) is 11.7. The summed E-state index contributed by atoms with van der Waals surface area (Å²) in [5.74, 6) is 1.74. The predicted molar refractivity (Wildman–Crippen MR) is 123 cm³/mol. The third kappa shape index (κ3) is 3.62. The highest BCUT2D eigenvalue weighted by molar-refractivity contribution is 5.85. The number of aliphatic imine (C=N–C) groups is 1. The first kappa shape index (κ1) is 20.6. The number of aromatic nitrogens is 1. The van der Waals surface area contributed by atoms with Gasteiger partial charge in [0.15, 0.2) is 0 Å². The molecule has 0 saturated carbocycles. The van der Waals surface area contributed by atoms with E-state index in [1.165, 1.54) is 16.7 Å². The number of pyridine rings is 1. The normalized spacial score (nSPS) is 22.6. The van der Waals surface area contributed by atoms with Crippen LogP contribution in [-0.2, 0) is 6.42 Å². The fraction of sp³-hybridized carbons (Fsp3) is 0.280. The number of nitrogens with zero attached hydrogens (tertiary/aromatic N) is 3. The van der Waals surface area contributed by atoms with Crippen molar-refractivity contribution in [2.45, 2.75) is 31.7 Å². The van der Waals surface area contributed by atoms with Crippen molar-refractivity contribution in [3.63, 3.8) is 0 Å². The minimum absolute atomic E-state index is 0. The van der Waals surface area contributed by atoms with E-state index in [4.69, 9.17) is 9.73 Å². The summed E-state index contributed by atoms with van der Waals surface area (Å²) in [5.41, 5.74) is 5.09. The van der Waals surface area contributed by atoms with Crippen LogP contribution in [0.2, 0.25) is 0 Å². The Morgan fingerprint density at radius 2 is 2.00 bits per heavy atom. The SMILES string of the molecule is CC1=C2CCN(CCc3cccnc3)C23CC=C(Oc2ccccc2)C=C3N=C1.Cl. The van der Waals surface area contributed by atoms with Gasteiger partial charge in [0.2, 0.25) is 0 Å². The molecule has 3 heterocycles. The fourth-order valence-corrected chi connectivity index (χ4v) is 4.79. The number of halogens is 1. The van der Waals surface area contributed by atoms with Gasteiger partial charge < -0.3 is 4.74 Å². The first-order valence-corrected chi connectivity index (χ1v) is 10.3. The first-order valence-electron chi connectivity index (χ1n) is 10.3. The van der Waals surface area contributed by atoms with Gasteiger partial charge in [-0.05, 0) is 67.2 Å². The summed E-state index contributed by atoms with van der Waals surface area (Å²) < 4.78 is 6.11. The lowest BCUT2D eigenvalue weighted by molar-refractivity contribution is 0.192. The maximum absolute atomic E-state index is 6.11. The highest BCUT2D eigenvalue weighted by atomic mass is 35.5. The lowest BCUT2D eigenvalue weighted by atomic mass is 9.77. The molecule has 4 nitrogen and oxygen atoms in total. The fourth-order valence-electron chi connectivity index (χ4n) is 4.79. The summed E-state index contributed by atoms with van der Waals surface area (Å²) in [7, 11) is 0. The van der Waals surface area contributed by atoms with Crippen molar-refractivity contribution in [1.29, 1.82) is 0 Å². The number of dihydropyridines is 1. The van der Waals surface area contributed by atoms with Crippen molar-refractivity contribution in [3.8, 4) is 5.75 Å². The first-order chi connectivity index (χ1) is 14.3. The van der Waals surface area contributed by atoms with Crippen molar-refractivity contribution in [1.82, 2.24) is 9.88 Å². The highest BCUT2D eigenvalue weighted by Crippen LogP contribution is 2.49. The van der Waals surface area contributed by atoms with Gasteiger partial charge in [-0.2, -0.15) is 0 Å². The zero-order chi connectivity index (χ0) is 19.7. The van der Waals surface area contributed by atoms with Crippen LogP contribution >= 0.6 is 12.4 Å². The lowest BCUT2D eigenvalue weighted by Crippen LogP contribution is -2.49. The Morgan fingerprint density at radius 3 is 2.80 bits per heavy atom. The molecule has 0 amide bonds. The van der Waals surface area contributed by atoms with Crippen molar-refractivity contribution in [2.24, 2.45) is 4.99 Å². The second-order valence-electron chi connectivity index (χ2n) is 7.88. The number of para-hydroxylation sites is 1. The zero-order valence-corrected chi connectivity index (χ0v) is 17.9. The largest absolute Gasteiger partial charge is 0.458 e. The van der Waals surface area contributed by atoms with Crippen molar-refractivity contribution >= 4 is 18.6 Å². The van der Waals surface area contributed by atoms with Crippen LogP contribution in [0.25, 0.3) is 0 Å². The van der Waals surface area contributed by atoms with Crippen LogP contribution in [0.1, 0.15) is 25.3 Å². The monoisotopic (exact) mass is 419 g/mol. The molecular weight excluding hydrogens is 394 g/mol. The van der Waals surface area contributed by atoms with E-state index in [9.17, 15) is 0 Å². The quantitative estimate of drug-likeness (QED) is 0.673. The highest BCUT2D eigenvalue weighted by Gasteiger charge is 2.50. The van der Waals surface area contributed by atoms with E-state index in [1.54, 1.807) is 0 Å². The Kier molecular flexibility index (Phi) is 5.89. The molecule has 1 aromatic heterocycles. The number of ether oxygens (including phenoxy) is 1. The third-order valence-corrected chi connectivity index (χ3v) is 6.22. The standard InChI is InChI=1S/C25H25N3O.ClH/c1-19-17-27-24-16-22(29-21-7-3-2-4-8-21)9-12-25(24)23(19)11-15-28(25)14-10-20-6-5-13-26-18-20;/h2-9,13,16-18H,10-12,14-15H2,1H3;1H. The van der Waals surface area contributed by atoms with Gasteiger partial charge in [0, 0.05) is 37.8 Å². The van der Waals surface area contributed by atoms with E-state index in [0.717, 1.165) is 49.6 Å². The van der Waals surface area contributed by atoms with Crippen LogP contribution in [-0.4, -0.2) is 34.7 Å². The van der Waals surface area contributed by atoms with Crippen LogP contribution in [0.3, 0.4) is 0 Å². The Hall–Kier alpha value is -2.69. The summed E-state index contributed by atoms with van der Waals surface area (Å²) in [6.07, 6.45) is 13.2. The van der Waals surface area contributed by atoms with Crippen LogP contribution in [0.15, 0.2) is 94.6 Å². The van der Waals surface area contributed by atoms with Gasteiger partial charge in [-0.25, -0.2) is 0 Å². The van der Waals surface area contributed by atoms with Gasteiger partial charge in [0.05, 0.1) is 11.2 Å². The minimum Gasteiger partial charge on any atom is -0.458 e. The van der Waals surface area contributed by atoms with Gasteiger partial charge in [0.1, 0.15) is 11.5 Å². The molecule has 0 bridgehead atoms. The molecule has 1 saturated heterocycles. The second-order valence-corrected chi connectivity index (χ2v) is 7.88. The average Bonchev–Trinajstić information content (AvgIpc) is 3.14. The van der Waals surface area contributed by atoms with E-state index in [-0.39, 0.29) is 17.9 Å². The Bertz CT molecular complexity index is 1030. The third-order valence-electron chi connectivity index (χ3n) is 6.22. The predicted octanol–water partition coefficient (Wildman–Crippen LogP) is 5.14. The lowest BCUT2D eigenvalue weighted by Gasteiger charge is -2.43. The summed E-state index contributed by atoms with van der Waals surface area (Å²) in [5, 5.41) is 0. The molecule has 154 valence electrons. The molecule has 0 radical (unpaired) electrons. The second kappa shape index (κ2) is 8.58. The molecular formula is C25H26ClN3O. The molecule has 3 aliphatic rings. The summed E-state index contributed by atoms with van der Waals surface area (Å²) >= 11 is 0. The minimum atomic E-state index is -0.120. The van der Waals surface area contributed by atoms with Crippen LogP contribution in [0, 0.1) is 0 Å². The maximum Gasteiger partial charge on any atom is 0.127 e. The molecule has 1 fully saturated rings. The van der Waals surface area contributed by atoms with E-state index < -0.39 is 0 Å². The topological polar surface area (TPSA) is 37.7 Å². The van der Waals surface area contributed by atoms with E-state index in [2.05, 4.69) is 35.0 Å². The van der Waals surface area contributed by atoms with Gasteiger partial charge in [-0.3, -0.25) is 14.9 Å². The van der Waals surface area contributed by atoms with Crippen LogP contribution < -0.4 is 4.74 Å². The Balaban J connectivity index is 0.00000218. The molecule has 2 aromatic rings. The average molecular weight is 420 g/mol. The Morgan fingerprint density at radius 1 is 1.13 bits per heavy atom. The molecule has 1 unspecified atom stereocenters. The number of rotatable bonds is 5. The van der Waals surface area contributed by atoms with Gasteiger partial charge >= 0.3 is 0 Å². The molecule has 5 rings (SSSR count). The molecule has 30 heavy (non-hydrogen) atoms. The molecule has 0 N–H and O–H groups in total. The maximum atomic E-state index is 6.11. The van der Waals surface area contributed by atoms with E-state index in [0.29, 0.717) is 0 Å². The van der Waals surface area contributed by atoms with E-state index in [1.807, 2.05) is 55.0 Å². The molecule has 1 aliphatic carbocycles. The number of hydrogen-bond acceptors (Lipinski definition) is 4. The molecule has 1 atom stereocenters. The molecule has 5 heteroatoms. The molecule has 2 aliphatic heterocycles. The smallest absolute Gasteiger partial charge is 0.127 e. The van der Waals surface area contributed by atoms with Gasteiger partial charge in [-0.15, -0.1) is 12.4 Å². The van der Waals surface area contributed by atoms with Gasteiger partial charge in [-0.1, -0.05) is 24.3 Å². The van der Waals surface area contributed by atoms with Gasteiger partial charge in [0.25, 0.3) is 0 Å². The zero-order valence-electron chi connectivity index (χ0n) is 17.1. The van der Waals surface area contributed by atoms with Crippen molar-refractivity contribution in [2.75, 3.05) is 13.1 Å². The number of likely N-dealkylation sites (tertiary alicyclic amines) is 1. The van der Waals surface area contributed by atoms with Crippen molar-refractivity contribution in [3.05, 3.63) is 95.2 Å². The Labute approximate surface area is 184 Å². The summed E-state index contributed by atoms with van der Waals surface area (Å²) in [6.45, 7) is 4.26. The number of hydrogen-bond donors (Lipinski definition) is 0.